The van der Waals surface area contributed by atoms with Crippen molar-refractivity contribution in [3.05, 3.63) is 126 Å². The number of nitrogens with zero attached hydrogens (tertiary/aromatic N) is 2. The molecule has 0 bridgehead atoms. The van der Waals surface area contributed by atoms with Crippen molar-refractivity contribution in [3.8, 4) is 5.75 Å². The molecule has 0 radical (unpaired) electrons. The molecule has 4 rings (SSSR count). The van der Waals surface area contributed by atoms with Gasteiger partial charge in [0, 0.05) is 19.5 Å². The van der Waals surface area contributed by atoms with E-state index in [2.05, 4.69) is 5.32 Å². The van der Waals surface area contributed by atoms with E-state index in [1.807, 2.05) is 68.4 Å². The topological polar surface area (TPSA) is 96.0 Å². The molecule has 0 aliphatic heterocycles. The minimum absolute atomic E-state index is 0.0650. The lowest BCUT2D eigenvalue weighted by Crippen LogP contribution is -2.53. The minimum Gasteiger partial charge on any atom is -0.497 e. The van der Waals surface area contributed by atoms with Crippen molar-refractivity contribution in [2.75, 3.05) is 24.5 Å². The number of rotatable bonds is 14. The van der Waals surface area contributed by atoms with Crippen LogP contribution >= 0.6 is 0 Å². The Morgan fingerprint density at radius 3 is 2.16 bits per heavy atom. The van der Waals surface area contributed by atoms with Crippen LogP contribution in [-0.2, 0) is 32.6 Å². The molecule has 1 N–H and O–H groups in total. The Morgan fingerprint density at radius 1 is 0.841 bits per heavy atom. The molecule has 230 valence electrons. The SMILES string of the molecule is CCCNC(=O)[C@H](Cc1ccccc1)N(Cc1cccc(OC)c1)C(=O)CN(c1cccc(C)c1)S(=O)(=O)c1ccccc1. The summed E-state index contributed by atoms with van der Waals surface area (Å²) in [6, 6.07) is 30.9. The van der Waals surface area contributed by atoms with Gasteiger partial charge in [-0.1, -0.05) is 79.7 Å². The largest absolute Gasteiger partial charge is 0.497 e. The molecule has 0 aliphatic rings. The maximum atomic E-state index is 14.5. The Labute approximate surface area is 260 Å². The Kier molecular flexibility index (Phi) is 11.2. The Hall–Kier alpha value is -4.63. The minimum atomic E-state index is -4.14. The molecule has 0 heterocycles. The highest BCUT2D eigenvalue weighted by atomic mass is 32.2. The molecule has 9 heteroatoms. The van der Waals surface area contributed by atoms with Gasteiger partial charge in [-0.15, -0.1) is 0 Å². The first-order chi connectivity index (χ1) is 21.2. The Balaban J connectivity index is 1.80. The van der Waals surface area contributed by atoms with Crippen LogP contribution in [0.2, 0.25) is 0 Å². The summed E-state index contributed by atoms with van der Waals surface area (Å²) in [6.45, 7) is 3.84. The zero-order chi connectivity index (χ0) is 31.5. The fourth-order valence-electron chi connectivity index (χ4n) is 4.92. The smallest absolute Gasteiger partial charge is 0.264 e. The predicted octanol–water partition coefficient (Wildman–Crippen LogP) is 5.37. The fraction of sp³-hybridized carbons (Fsp3) is 0.257. The Morgan fingerprint density at radius 2 is 1.50 bits per heavy atom. The normalized spacial score (nSPS) is 11.8. The third-order valence-corrected chi connectivity index (χ3v) is 9.00. The number of amides is 2. The van der Waals surface area contributed by atoms with Crippen molar-refractivity contribution in [3.63, 3.8) is 0 Å². The van der Waals surface area contributed by atoms with Crippen molar-refractivity contribution in [2.45, 2.75) is 44.2 Å². The van der Waals surface area contributed by atoms with Crippen molar-refractivity contribution >= 4 is 27.5 Å². The number of hydrogen-bond acceptors (Lipinski definition) is 5. The van der Waals surface area contributed by atoms with Crippen LogP contribution in [0.1, 0.15) is 30.0 Å². The number of aryl methyl sites for hydroxylation is 1. The molecular weight excluding hydrogens is 574 g/mol. The highest BCUT2D eigenvalue weighted by Gasteiger charge is 2.34. The van der Waals surface area contributed by atoms with Gasteiger partial charge < -0.3 is 15.0 Å². The maximum absolute atomic E-state index is 14.5. The van der Waals surface area contributed by atoms with Crippen LogP contribution in [-0.4, -0.2) is 51.4 Å². The van der Waals surface area contributed by atoms with Crippen molar-refractivity contribution in [1.82, 2.24) is 10.2 Å². The molecule has 2 amide bonds. The summed E-state index contributed by atoms with van der Waals surface area (Å²) in [7, 11) is -2.57. The van der Waals surface area contributed by atoms with E-state index in [4.69, 9.17) is 4.74 Å². The van der Waals surface area contributed by atoms with E-state index >= 15 is 0 Å². The second-order valence-corrected chi connectivity index (χ2v) is 12.4. The quantitative estimate of drug-likeness (QED) is 0.207. The van der Waals surface area contributed by atoms with Gasteiger partial charge in [-0.05, 0) is 66.4 Å². The molecule has 0 saturated heterocycles. The van der Waals surface area contributed by atoms with Crippen LogP contribution in [0, 0.1) is 6.92 Å². The van der Waals surface area contributed by atoms with Gasteiger partial charge in [-0.3, -0.25) is 13.9 Å². The number of nitrogens with one attached hydrogen (secondary N) is 1. The summed E-state index contributed by atoms with van der Waals surface area (Å²) in [5.41, 5.74) is 2.82. The molecule has 44 heavy (non-hydrogen) atoms. The average Bonchev–Trinajstić information content (AvgIpc) is 3.04. The van der Waals surface area contributed by atoms with Crippen LogP contribution in [0.4, 0.5) is 5.69 Å². The lowest BCUT2D eigenvalue weighted by Gasteiger charge is -2.34. The molecule has 0 saturated carbocycles. The molecule has 0 spiro atoms. The van der Waals surface area contributed by atoms with Gasteiger partial charge in [-0.25, -0.2) is 8.42 Å². The first kappa shape index (κ1) is 32.3. The number of carbonyl (C=O) groups excluding carboxylic acids is 2. The van der Waals surface area contributed by atoms with Gasteiger partial charge >= 0.3 is 0 Å². The van der Waals surface area contributed by atoms with E-state index in [-0.39, 0.29) is 23.8 Å². The monoisotopic (exact) mass is 613 g/mol. The lowest BCUT2D eigenvalue weighted by molar-refractivity contribution is -0.140. The number of carbonyl (C=O) groups is 2. The second-order valence-electron chi connectivity index (χ2n) is 10.5. The molecule has 0 aromatic heterocycles. The van der Waals surface area contributed by atoms with E-state index in [9.17, 15) is 18.0 Å². The first-order valence-electron chi connectivity index (χ1n) is 14.6. The van der Waals surface area contributed by atoms with E-state index in [0.717, 1.165) is 27.4 Å². The van der Waals surface area contributed by atoms with E-state index in [0.29, 0.717) is 18.0 Å². The average molecular weight is 614 g/mol. The van der Waals surface area contributed by atoms with Crippen molar-refractivity contribution in [1.29, 1.82) is 0 Å². The number of anilines is 1. The van der Waals surface area contributed by atoms with Gasteiger partial charge in [0.25, 0.3) is 10.0 Å². The second kappa shape index (κ2) is 15.2. The summed E-state index contributed by atoms with van der Waals surface area (Å²) >= 11 is 0. The van der Waals surface area contributed by atoms with Crippen LogP contribution in [0.5, 0.6) is 5.75 Å². The highest BCUT2D eigenvalue weighted by molar-refractivity contribution is 7.92. The molecule has 4 aromatic carbocycles. The lowest BCUT2D eigenvalue weighted by atomic mass is 10.0. The van der Waals surface area contributed by atoms with Crippen LogP contribution in [0.15, 0.2) is 114 Å². The summed E-state index contributed by atoms with van der Waals surface area (Å²) in [5, 5.41) is 2.96. The van der Waals surface area contributed by atoms with Crippen molar-refractivity contribution < 1.29 is 22.7 Å². The summed E-state index contributed by atoms with van der Waals surface area (Å²) in [6.07, 6.45) is 0.978. The molecular formula is C35H39N3O5S. The number of methoxy groups -OCH3 is 1. The third kappa shape index (κ3) is 8.26. The molecule has 4 aromatic rings. The number of benzene rings is 4. The number of sulfonamides is 1. The molecule has 0 fully saturated rings. The van der Waals surface area contributed by atoms with E-state index < -0.39 is 28.5 Å². The predicted molar refractivity (Wildman–Crippen MR) is 173 cm³/mol. The molecule has 8 nitrogen and oxygen atoms in total. The van der Waals surface area contributed by atoms with Gasteiger partial charge in [0.2, 0.25) is 11.8 Å². The molecule has 0 aliphatic carbocycles. The van der Waals surface area contributed by atoms with E-state index in [1.54, 1.807) is 49.6 Å². The van der Waals surface area contributed by atoms with E-state index in [1.165, 1.54) is 17.0 Å². The van der Waals surface area contributed by atoms with Gasteiger partial charge in [-0.2, -0.15) is 0 Å². The van der Waals surface area contributed by atoms with Crippen molar-refractivity contribution in [2.24, 2.45) is 0 Å². The zero-order valence-corrected chi connectivity index (χ0v) is 26.2. The molecule has 1 atom stereocenters. The fourth-order valence-corrected chi connectivity index (χ4v) is 6.35. The number of hydrogen-bond donors (Lipinski definition) is 1. The third-order valence-electron chi connectivity index (χ3n) is 7.21. The summed E-state index contributed by atoms with van der Waals surface area (Å²) < 4.78 is 34.6. The van der Waals surface area contributed by atoms with Gasteiger partial charge in [0.1, 0.15) is 18.3 Å². The van der Waals surface area contributed by atoms with Crippen LogP contribution in [0.25, 0.3) is 0 Å². The van der Waals surface area contributed by atoms with Gasteiger partial charge in [0.15, 0.2) is 0 Å². The van der Waals surface area contributed by atoms with Crippen LogP contribution < -0.4 is 14.4 Å². The summed E-state index contributed by atoms with van der Waals surface area (Å²) in [5.74, 6) is -0.209. The standard InChI is InChI=1S/C35H39N3O5S/c1-4-21-36-35(40)33(24-28-14-7-5-8-15-28)37(25-29-16-12-18-31(23-29)43-3)34(39)26-38(30-17-11-13-27(2)22-30)44(41,42)32-19-9-6-10-20-32/h5-20,22-23,33H,4,21,24-26H2,1-3H3,(H,36,40)/t33-/m0/s1. The van der Waals surface area contributed by atoms with Crippen LogP contribution in [0.3, 0.4) is 0 Å². The number of ether oxygens (including phenoxy) is 1. The maximum Gasteiger partial charge on any atom is 0.264 e. The summed E-state index contributed by atoms with van der Waals surface area (Å²) in [4.78, 5) is 29.7. The Bertz CT molecular complexity index is 1650. The first-order valence-corrected chi connectivity index (χ1v) is 16.1. The zero-order valence-electron chi connectivity index (χ0n) is 25.3. The van der Waals surface area contributed by atoms with Gasteiger partial charge in [0.05, 0.1) is 17.7 Å². The molecule has 0 unspecified atom stereocenters. The highest BCUT2D eigenvalue weighted by Crippen LogP contribution is 2.26.